The number of benzene rings is 1. The number of rotatable bonds is 3. The van der Waals surface area contributed by atoms with Crippen LogP contribution < -0.4 is 10.9 Å². The molecule has 0 aliphatic rings. The Labute approximate surface area is 111 Å². The van der Waals surface area contributed by atoms with E-state index in [4.69, 9.17) is 0 Å². The van der Waals surface area contributed by atoms with Gasteiger partial charge in [0.05, 0.1) is 0 Å². The van der Waals surface area contributed by atoms with Crippen LogP contribution >= 0.6 is 15.9 Å². The molecule has 1 aromatic heterocycles. The molecule has 0 saturated heterocycles. The predicted octanol–water partition coefficient (Wildman–Crippen LogP) is 1.46. The SMILES string of the molecule is O=C(NCc1cccc(Br)c1)c1ccc(=O)[nH]n1. The molecule has 0 saturated carbocycles. The van der Waals surface area contributed by atoms with Crippen LogP contribution in [0, 0.1) is 0 Å². The van der Waals surface area contributed by atoms with Crippen LogP contribution in [0.4, 0.5) is 0 Å². The second kappa shape index (κ2) is 5.59. The molecule has 2 rings (SSSR count). The van der Waals surface area contributed by atoms with Gasteiger partial charge in [0.25, 0.3) is 11.5 Å². The van der Waals surface area contributed by atoms with Gasteiger partial charge in [0.2, 0.25) is 0 Å². The molecule has 0 unspecified atom stereocenters. The highest BCUT2D eigenvalue weighted by molar-refractivity contribution is 9.10. The summed E-state index contributed by atoms with van der Waals surface area (Å²) >= 11 is 3.36. The first-order chi connectivity index (χ1) is 8.65. The quantitative estimate of drug-likeness (QED) is 0.901. The van der Waals surface area contributed by atoms with Gasteiger partial charge in [0, 0.05) is 17.1 Å². The molecular weight excluding hydrogens is 298 g/mol. The van der Waals surface area contributed by atoms with Crippen LogP contribution in [-0.2, 0) is 6.54 Å². The van der Waals surface area contributed by atoms with Gasteiger partial charge in [0.15, 0.2) is 0 Å². The fourth-order valence-corrected chi connectivity index (χ4v) is 1.84. The van der Waals surface area contributed by atoms with Gasteiger partial charge in [0.1, 0.15) is 5.69 Å². The van der Waals surface area contributed by atoms with Crippen LogP contribution in [0.2, 0.25) is 0 Å². The molecule has 0 fully saturated rings. The van der Waals surface area contributed by atoms with Crippen LogP contribution in [0.15, 0.2) is 45.7 Å². The molecule has 6 heteroatoms. The highest BCUT2D eigenvalue weighted by Crippen LogP contribution is 2.11. The molecular formula is C12H10BrN3O2. The second-order valence-corrected chi connectivity index (χ2v) is 4.53. The molecule has 5 nitrogen and oxygen atoms in total. The minimum Gasteiger partial charge on any atom is -0.347 e. The molecule has 1 heterocycles. The largest absolute Gasteiger partial charge is 0.347 e. The van der Waals surface area contributed by atoms with E-state index < -0.39 is 0 Å². The Balaban J connectivity index is 2.00. The summed E-state index contributed by atoms with van der Waals surface area (Å²) in [7, 11) is 0. The van der Waals surface area contributed by atoms with Crippen molar-refractivity contribution >= 4 is 21.8 Å². The number of carbonyl (C=O) groups is 1. The highest BCUT2D eigenvalue weighted by Gasteiger charge is 2.06. The Morgan fingerprint density at radius 3 is 2.83 bits per heavy atom. The van der Waals surface area contributed by atoms with Crippen LogP contribution in [0.25, 0.3) is 0 Å². The van der Waals surface area contributed by atoms with Crippen molar-refractivity contribution < 1.29 is 4.79 Å². The summed E-state index contributed by atoms with van der Waals surface area (Å²) in [5.74, 6) is -0.328. The molecule has 92 valence electrons. The first-order valence-electron chi connectivity index (χ1n) is 5.23. The van der Waals surface area contributed by atoms with Crippen LogP contribution in [0.5, 0.6) is 0 Å². The van der Waals surface area contributed by atoms with Gasteiger partial charge >= 0.3 is 0 Å². The summed E-state index contributed by atoms with van der Waals surface area (Å²) in [4.78, 5) is 22.5. The third-order valence-corrected chi connectivity index (χ3v) is 2.75. The van der Waals surface area contributed by atoms with Gasteiger partial charge in [-0.15, -0.1) is 0 Å². The van der Waals surface area contributed by atoms with Crippen molar-refractivity contribution in [3.05, 3.63) is 62.5 Å². The van der Waals surface area contributed by atoms with E-state index in [1.165, 1.54) is 12.1 Å². The maximum absolute atomic E-state index is 11.7. The topological polar surface area (TPSA) is 74.8 Å². The van der Waals surface area contributed by atoms with E-state index in [0.717, 1.165) is 10.0 Å². The predicted molar refractivity (Wildman–Crippen MR) is 70.2 cm³/mol. The van der Waals surface area contributed by atoms with Gasteiger partial charge in [-0.1, -0.05) is 28.1 Å². The first-order valence-corrected chi connectivity index (χ1v) is 6.03. The lowest BCUT2D eigenvalue weighted by atomic mass is 10.2. The Morgan fingerprint density at radius 1 is 1.33 bits per heavy atom. The molecule has 2 aromatic rings. The molecule has 2 N–H and O–H groups in total. The van der Waals surface area contributed by atoms with E-state index in [9.17, 15) is 9.59 Å². The molecule has 0 atom stereocenters. The van der Waals surface area contributed by atoms with Crippen molar-refractivity contribution in [1.29, 1.82) is 0 Å². The van der Waals surface area contributed by atoms with Crippen molar-refractivity contribution in [3.63, 3.8) is 0 Å². The minimum atomic E-state index is -0.335. The van der Waals surface area contributed by atoms with E-state index in [1.54, 1.807) is 0 Å². The second-order valence-electron chi connectivity index (χ2n) is 3.62. The summed E-state index contributed by atoms with van der Waals surface area (Å²) in [6, 6.07) is 10.3. The highest BCUT2D eigenvalue weighted by atomic mass is 79.9. The lowest BCUT2D eigenvalue weighted by Gasteiger charge is -2.04. The summed E-state index contributed by atoms with van der Waals surface area (Å²) in [5, 5.41) is 8.58. The van der Waals surface area contributed by atoms with Crippen molar-refractivity contribution in [2.24, 2.45) is 0 Å². The number of H-pyrrole nitrogens is 1. The maximum Gasteiger partial charge on any atom is 0.271 e. The standard InChI is InChI=1S/C12H10BrN3O2/c13-9-3-1-2-8(6-9)7-14-12(18)10-4-5-11(17)16-15-10/h1-6H,7H2,(H,14,18)(H,16,17). The minimum absolute atomic E-state index is 0.185. The number of hydrogen-bond donors (Lipinski definition) is 2. The van der Waals surface area contributed by atoms with E-state index in [-0.39, 0.29) is 17.2 Å². The van der Waals surface area contributed by atoms with Gasteiger partial charge in [-0.05, 0) is 23.8 Å². The third kappa shape index (κ3) is 3.27. The fourth-order valence-electron chi connectivity index (χ4n) is 1.39. The lowest BCUT2D eigenvalue weighted by Crippen LogP contribution is -2.25. The number of nitrogens with zero attached hydrogens (tertiary/aromatic N) is 1. The monoisotopic (exact) mass is 307 g/mol. The molecule has 0 aliphatic carbocycles. The van der Waals surface area contributed by atoms with Gasteiger partial charge in [-0.2, -0.15) is 5.10 Å². The molecule has 0 spiro atoms. The Hall–Kier alpha value is -1.95. The molecule has 18 heavy (non-hydrogen) atoms. The van der Waals surface area contributed by atoms with E-state index >= 15 is 0 Å². The number of carbonyl (C=O) groups excluding carboxylic acids is 1. The molecule has 1 amide bonds. The number of nitrogens with one attached hydrogen (secondary N) is 2. The lowest BCUT2D eigenvalue weighted by molar-refractivity contribution is 0.0945. The van der Waals surface area contributed by atoms with Gasteiger partial charge in [-0.3, -0.25) is 9.59 Å². The number of halogens is 1. The normalized spacial score (nSPS) is 10.1. The van der Waals surface area contributed by atoms with Gasteiger partial charge in [-0.25, -0.2) is 5.10 Å². The average molecular weight is 308 g/mol. The van der Waals surface area contributed by atoms with Crippen molar-refractivity contribution in [2.75, 3.05) is 0 Å². The number of aromatic nitrogens is 2. The number of hydrogen-bond acceptors (Lipinski definition) is 3. The van der Waals surface area contributed by atoms with Crippen molar-refractivity contribution in [1.82, 2.24) is 15.5 Å². The summed E-state index contributed by atoms with van der Waals surface area (Å²) in [5.41, 5.74) is 0.824. The van der Waals surface area contributed by atoms with Crippen LogP contribution in [-0.4, -0.2) is 16.1 Å². The molecule has 0 radical (unpaired) electrons. The molecule has 1 aromatic carbocycles. The van der Waals surface area contributed by atoms with E-state index in [1.807, 2.05) is 24.3 Å². The average Bonchev–Trinajstić information content (AvgIpc) is 2.37. The zero-order chi connectivity index (χ0) is 13.0. The summed E-state index contributed by atoms with van der Waals surface area (Å²) in [6.45, 7) is 0.402. The van der Waals surface area contributed by atoms with Gasteiger partial charge < -0.3 is 5.32 Å². The Morgan fingerprint density at radius 2 is 2.17 bits per heavy atom. The van der Waals surface area contributed by atoms with Crippen molar-refractivity contribution in [3.8, 4) is 0 Å². The fraction of sp³-hybridized carbons (Fsp3) is 0.0833. The zero-order valence-electron chi connectivity index (χ0n) is 9.31. The smallest absolute Gasteiger partial charge is 0.271 e. The van der Waals surface area contributed by atoms with Crippen LogP contribution in [0.1, 0.15) is 16.1 Å². The van der Waals surface area contributed by atoms with Crippen molar-refractivity contribution in [2.45, 2.75) is 6.54 Å². The number of aromatic amines is 1. The summed E-state index contributed by atoms with van der Waals surface area (Å²) < 4.78 is 0.955. The van der Waals surface area contributed by atoms with E-state index in [2.05, 4.69) is 31.4 Å². The zero-order valence-corrected chi connectivity index (χ0v) is 10.9. The Kier molecular flexibility index (Phi) is 3.88. The first kappa shape index (κ1) is 12.5. The number of amides is 1. The third-order valence-electron chi connectivity index (χ3n) is 2.25. The van der Waals surface area contributed by atoms with Crippen LogP contribution in [0.3, 0.4) is 0 Å². The Bertz CT molecular complexity index is 604. The molecule has 0 aliphatic heterocycles. The summed E-state index contributed by atoms with van der Waals surface area (Å²) in [6.07, 6.45) is 0. The molecule has 0 bridgehead atoms. The van der Waals surface area contributed by atoms with E-state index in [0.29, 0.717) is 6.54 Å². The maximum atomic E-state index is 11.7.